The van der Waals surface area contributed by atoms with E-state index in [1.807, 2.05) is 49.4 Å². The first-order valence-electron chi connectivity index (χ1n) is 7.56. The minimum atomic E-state index is 0.103. The van der Waals surface area contributed by atoms with Gasteiger partial charge in [-0.15, -0.1) is 0 Å². The summed E-state index contributed by atoms with van der Waals surface area (Å²) in [7, 11) is 0. The predicted octanol–water partition coefficient (Wildman–Crippen LogP) is 5.59. The van der Waals surface area contributed by atoms with E-state index in [9.17, 15) is 4.79 Å². The van der Waals surface area contributed by atoms with Crippen molar-refractivity contribution >= 4 is 5.78 Å². The number of carbonyl (C=O) groups is 1. The molecule has 0 aliphatic rings. The molecule has 2 aromatic carbocycles. The molecule has 0 radical (unpaired) electrons. The van der Waals surface area contributed by atoms with Gasteiger partial charge in [0.1, 0.15) is 11.5 Å². The minimum Gasteiger partial charge on any atom is -0.456 e. The lowest BCUT2D eigenvalue weighted by molar-refractivity contribution is 0.0986. The summed E-state index contributed by atoms with van der Waals surface area (Å²) in [4.78, 5) is 12.0. The Bertz CT molecular complexity index is 616. The van der Waals surface area contributed by atoms with Crippen molar-refractivity contribution in [2.45, 2.75) is 39.5 Å². The molecule has 1 atom stereocenters. The molecular weight excluding hydrogens is 260 g/mol. The molecule has 2 aromatic rings. The Kier molecular flexibility index (Phi) is 5.15. The average molecular weight is 282 g/mol. The molecular formula is C19H22O2. The van der Waals surface area contributed by atoms with Crippen LogP contribution in [-0.4, -0.2) is 5.78 Å². The highest BCUT2D eigenvalue weighted by Gasteiger charge is 2.14. The zero-order chi connectivity index (χ0) is 15.2. The van der Waals surface area contributed by atoms with Crippen LogP contribution >= 0.6 is 0 Å². The third-order valence-corrected chi connectivity index (χ3v) is 3.79. The lowest BCUT2D eigenvalue weighted by Gasteiger charge is -2.16. The predicted molar refractivity (Wildman–Crippen MR) is 86.3 cm³/mol. The molecule has 0 fully saturated rings. The molecule has 2 nitrogen and oxygen atoms in total. The van der Waals surface area contributed by atoms with E-state index >= 15 is 0 Å². The minimum absolute atomic E-state index is 0.103. The summed E-state index contributed by atoms with van der Waals surface area (Å²) >= 11 is 0. The smallest absolute Gasteiger partial charge is 0.166 e. The molecule has 0 bridgehead atoms. The maximum atomic E-state index is 12.0. The normalized spacial score (nSPS) is 12.0. The second-order valence-electron chi connectivity index (χ2n) is 5.22. The summed E-state index contributed by atoms with van der Waals surface area (Å²) in [5.74, 6) is 2.00. The first kappa shape index (κ1) is 15.3. The van der Waals surface area contributed by atoms with Gasteiger partial charge in [0.15, 0.2) is 5.78 Å². The summed E-state index contributed by atoms with van der Waals surface area (Å²) in [6, 6.07) is 15.5. The fraction of sp³-hybridized carbons (Fsp3) is 0.316. The van der Waals surface area contributed by atoms with Crippen molar-refractivity contribution in [3.63, 3.8) is 0 Å². The van der Waals surface area contributed by atoms with Crippen LogP contribution in [0.4, 0.5) is 0 Å². The Morgan fingerprint density at radius 3 is 2.29 bits per heavy atom. The highest BCUT2D eigenvalue weighted by atomic mass is 16.5. The molecule has 110 valence electrons. The van der Waals surface area contributed by atoms with Gasteiger partial charge < -0.3 is 4.74 Å². The van der Waals surface area contributed by atoms with Gasteiger partial charge in [0.2, 0.25) is 0 Å². The molecule has 0 saturated carbocycles. The van der Waals surface area contributed by atoms with Gasteiger partial charge in [-0.1, -0.05) is 51.1 Å². The molecule has 0 aromatic heterocycles. The van der Waals surface area contributed by atoms with Crippen molar-refractivity contribution in [2.75, 3.05) is 0 Å². The van der Waals surface area contributed by atoms with Crippen LogP contribution in [0.3, 0.4) is 0 Å². The van der Waals surface area contributed by atoms with Gasteiger partial charge in [-0.25, -0.2) is 0 Å². The largest absolute Gasteiger partial charge is 0.456 e. The number of Topliss-reactive ketones (excluding diaryl/α,β-unsaturated/α-hetero) is 1. The number of rotatable bonds is 6. The number of hydrogen-bond donors (Lipinski definition) is 0. The molecule has 0 amide bonds. The molecule has 0 N–H and O–H groups in total. The van der Waals surface area contributed by atoms with Crippen LogP contribution in [0.1, 0.15) is 55.5 Å². The van der Waals surface area contributed by atoms with Crippen LogP contribution in [0.5, 0.6) is 11.5 Å². The lowest BCUT2D eigenvalue weighted by Crippen LogP contribution is -2.01. The van der Waals surface area contributed by atoms with E-state index in [1.54, 1.807) is 0 Å². The van der Waals surface area contributed by atoms with Gasteiger partial charge in [0.25, 0.3) is 0 Å². The quantitative estimate of drug-likeness (QED) is 0.646. The van der Waals surface area contributed by atoms with Crippen LogP contribution in [-0.2, 0) is 0 Å². The SMILES string of the molecule is CCC(=O)c1ccccc1Oc1ccccc1C(C)CC. The number of ether oxygens (including phenoxy) is 1. The first-order chi connectivity index (χ1) is 10.2. The third kappa shape index (κ3) is 3.52. The molecule has 1 unspecified atom stereocenters. The zero-order valence-electron chi connectivity index (χ0n) is 12.9. The van der Waals surface area contributed by atoms with E-state index in [1.165, 1.54) is 5.56 Å². The van der Waals surface area contributed by atoms with Gasteiger partial charge in [0, 0.05) is 6.42 Å². The molecule has 0 aliphatic heterocycles. The van der Waals surface area contributed by atoms with Crippen LogP contribution in [0, 0.1) is 0 Å². The van der Waals surface area contributed by atoms with Gasteiger partial charge in [-0.05, 0) is 36.1 Å². The maximum absolute atomic E-state index is 12.0. The average Bonchev–Trinajstić information content (AvgIpc) is 2.54. The standard InChI is InChI=1S/C19H22O2/c1-4-14(3)15-10-6-8-12-18(15)21-19-13-9-7-11-16(19)17(20)5-2/h6-14H,4-5H2,1-3H3. The van der Waals surface area contributed by atoms with Gasteiger partial charge >= 0.3 is 0 Å². The number of carbonyl (C=O) groups excluding carboxylic acids is 1. The van der Waals surface area contributed by atoms with E-state index in [0.717, 1.165) is 12.2 Å². The second kappa shape index (κ2) is 7.07. The molecule has 21 heavy (non-hydrogen) atoms. The Morgan fingerprint density at radius 2 is 1.62 bits per heavy atom. The van der Waals surface area contributed by atoms with Crippen molar-refractivity contribution in [2.24, 2.45) is 0 Å². The summed E-state index contributed by atoms with van der Waals surface area (Å²) in [5.41, 5.74) is 1.83. The molecule has 0 spiro atoms. The maximum Gasteiger partial charge on any atom is 0.166 e. The van der Waals surface area contributed by atoms with Crippen LogP contribution in [0.2, 0.25) is 0 Å². The van der Waals surface area contributed by atoms with E-state index in [0.29, 0.717) is 23.7 Å². The number of para-hydroxylation sites is 2. The highest BCUT2D eigenvalue weighted by Crippen LogP contribution is 2.33. The van der Waals surface area contributed by atoms with Crippen LogP contribution in [0.25, 0.3) is 0 Å². The van der Waals surface area contributed by atoms with E-state index in [-0.39, 0.29) is 5.78 Å². The summed E-state index contributed by atoms with van der Waals surface area (Å²) in [5, 5.41) is 0. The van der Waals surface area contributed by atoms with Crippen LogP contribution in [0.15, 0.2) is 48.5 Å². The van der Waals surface area contributed by atoms with Gasteiger partial charge in [-0.3, -0.25) is 4.79 Å². The Balaban J connectivity index is 2.37. The Labute approximate surface area is 126 Å². The monoisotopic (exact) mass is 282 g/mol. The first-order valence-corrected chi connectivity index (χ1v) is 7.56. The van der Waals surface area contributed by atoms with Crippen molar-refractivity contribution in [3.05, 3.63) is 59.7 Å². The molecule has 0 heterocycles. The summed E-state index contributed by atoms with van der Waals surface area (Å²) in [6.07, 6.45) is 1.53. The molecule has 0 saturated heterocycles. The Hall–Kier alpha value is -2.09. The van der Waals surface area contributed by atoms with Crippen molar-refractivity contribution in [1.82, 2.24) is 0 Å². The van der Waals surface area contributed by atoms with Crippen molar-refractivity contribution in [3.8, 4) is 11.5 Å². The second-order valence-corrected chi connectivity index (χ2v) is 5.22. The summed E-state index contributed by atoms with van der Waals surface area (Å²) < 4.78 is 6.07. The van der Waals surface area contributed by atoms with E-state index < -0.39 is 0 Å². The fourth-order valence-corrected chi connectivity index (χ4v) is 2.30. The van der Waals surface area contributed by atoms with Crippen molar-refractivity contribution < 1.29 is 9.53 Å². The molecule has 2 heteroatoms. The van der Waals surface area contributed by atoms with E-state index in [2.05, 4.69) is 19.9 Å². The zero-order valence-corrected chi connectivity index (χ0v) is 12.9. The van der Waals surface area contributed by atoms with Crippen LogP contribution < -0.4 is 4.74 Å². The number of hydrogen-bond acceptors (Lipinski definition) is 2. The molecule has 0 aliphatic carbocycles. The molecule has 2 rings (SSSR count). The highest BCUT2D eigenvalue weighted by molar-refractivity contribution is 5.98. The Morgan fingerprint density at radius 1 is 1.00 bits per heavy atom. The van der Waals surface area contributed by atoms with E-state index in [4.69, 9.17) is 4.74 Å². The third-order valence-electron chi connectivity index (χ3n) is 3.79. The fourth-order valence-electron chi connectivity index (χ4n) is 2.30. The number of benzene rings is 2. The van der Waals surface area contributed by atoms with Gasteiger partial charge in [0.05, 0.1) is 5.56 Å². The topological polar surface area (TPSA) is 26.3 Å². The number of ketones is 1. The summed E-state index contributed by atoms with van der Waals surface area (Å²) in [6.45, 7) is 6.22. The van der Waals surface area contributed by atoms with Crippen molar-refractivity contribution in [1.29, 1.82) is 0 Å². The van der Waals surface area contributed by atoms with Gasteiger partial charge in [-0.2, -0.15) is 0 Å². The lowest BCUT2D eigenvalue weighted by atomic mass is 9.98.